The molecule has 0 saturated heterocycles. The van der Waals surface area contributed by atoms with Crippen LogP contribution in [0, 0.1) is 0 Å². The van der Waals surface area contributed by atoms with Crippen molar-refractivity contribution in [3.63, 3.8) is 0 Å². The number of pyridine rings is 2. The van der Waals surface area contributed by atoms with Gasteiger partial charge in [-0.3, -0.25) is 4.98 Å². The molecule has 0 aliphatic carbocycles. The topological polar surface area (TPSA) is 25.8 Å². The summed E-state index contributed by atoms with van der Waals surface area (Å²) in [5.74, 6) is 0. The molecule has 0 saturated carbocycles. The van der Waals surface area contributed by atoms with Crippen LogP contribution in [0.15, 0.2) is 218 Å². The van der Waals surface area contributed by atoms with Crippen LogP contribution < -0.4 is 0 Å². The number of fused-ring (bicyclic) bond motifs is 4. The second-order valence-corrected chi connectivity index (χ2v) is 16.9. The molecule has 3 heterocycles. The molecule has 0 bridgehead atoms. The lowest BCUT2D eigenvalue weighted by atomic mass is 9.88. The SMILES string of the molecule is [2H]c1nc2c(c([2H])c1[2H])c([2H])c([2H])c1c([2H])c([2H])c(-c3ccc(-c4cccc(-c5sc(-c6ccc7ccc8cccc9ccc6c7c89)c(-c6ccccc6)c5-c5ccccc5)c4)c4ccccc34)nc12. The van der Waals surface area contributed by atoms with Crippen LogP contribution in [0.4, 0.5) is 0 Å². The molecule has 0 aliphatic heterocycles. The van der Waals surface area contributed by atoms with Crippen molar-refractivity contribution < 1.29 is 9.60 Å². The van der Waals surface area contributed by atoms with Gasteiger partial charge in [-0.25, -0.2) is 4.98 Å². The second-order valence-electron chi connectivity index (χ2n) is 15.9. The van der Waals surface area contributed by atoms with Crippen LogP contribution in [0.1, 0.15) is 9.60 Å². The maximum absolute atomic E-state index is 9.24. The van der Waals surface area contributed by atoms with Crippen LogP contribution in [0.25, 0.3) is 130 Å². The van der Waals surface area contributed by atoms with E-state index < -0.39 is 18.3 Å². The Hall–Kier alpha value is -7.98. The molecule has 0 spiro atoms. The van der Waals surface area contributed by atoms with Crippen LogP contribution in [-0.2, 0) is 0 Å². The van der Waals surface area contributed by atoms with Gasteiger partial charge in [-0.05, 0) is 89.1 Å². The van der Waals surface area contributed by atoms with Crippen molar-refractivity contribution in [3.8, 4) is 65.5 Å². The number of nitrogens with zero attached hydrogens (tertiary/aromatic N) is 2. The molecule has 10 aromatic carbocycles. The van der Waals surface area contributed by atoms with Gasteiger partial charge in [-0.15, -0.1) is 11.3 Å². The zero-order valence-corrected chi connectivity index (χ0v) is 34.4. The lowest BCUT2D eigenvalue weighted by molar-refractivity contribution is 1.37. The Kier molecular flexibility index (Phi) is 6.66. The van der Waals surface area contributed by atoms with Gasteiger partial charge in [0.15, 0.2) is 0 Å². The molecule has 2 nitrogen and oxygen atoms in total. The summed E-state index contributed by atoms with van der Waals surface area (Å²) in [5.41, 5.74) is 9.64. The maximum atomic E-state index is 9.24. The third-order valence-corrected chi connectivity index (χ3v) is 13.6. The van der Waals surface area contributed by atoms with Crippen molar-refractivity contribution in [2.45, 2.75) is 0 Å². The smallest absolute Gasteiger partial charge is 0.0972 e. The van der Waals surface area contributed by atoms with Gasteiger partial charge in [0.1, 0.15) is 0 Å². The van der Waals surface area contributed by atoms with E-state index in [9.17, 15) is 1.37 Å². The third kappa shape index (κ3) is 5.71. The predicted octanol–water partition coefficient (Wildman–Crippen LogP) is 16.9. The standard InChI is InChI=1S/C60H36N2S/c1-3-12-37(13-4-1)55-56(38-14-5-2-6-15-38)60(51-31-28-41-24-23-39-16-9-17-40-27-30-50(51)54(41)53(39)40)63-59(55)45-19-10-18-44(36-45)46-32-33-49(48-22-8-7-21-47(46)48)52-34-29-43-26-25-42-20-11-35-61-57(42)58(43)62-52/h1-36H/i11D,20D,25D,26D,29D,34D,35D. The summed E-state index contributed by atoms with van der Waals surface area (Å²) in [6.07, 6.45) is -0.462. The fourth-order valence-electron chi connectivity index (χ4n) is 9.55. The zero-order chi connectivity index (χ0) is 47.5. The number of aromatic nitrogens is 2. The second kappa shape index (κ2) is 14.3. The van der Waals surface area contributed by atoms with E-state index in [0.29, 0.717) is 5.56 Å². The summed E-state index contributed by atoms with van der Waals surface area (Å²) in [5, 5.41) is 9.03. The van der Waals surface area contributed by atoms with Gasteiger partial charge >= 0.3 is 0 Å². The predicted molar refractivity (Wildman–Crippen MR) is 269 cm³/mol. The lowest BCUT2D eigenvalue weighted by Gasteiger charge is -2.15. The molecule has 3 heteroatoms. The first kappa shape index (κ1) is 29.3. The molecule has 0 fully saturated rings. The summed E-state index contributed by atoms with van der Waals surface area (Å²) in [6.45, 7) is 0. The molecule has 0 aliphatic rings. The number of hydrogen-bond acceptors (Lipinski definition) is 3. The molecule has 0 amide bonds. The number of benzene rings is 10. The van der Waals surface area contributed by atoms with Gasteiger partial charge in [0.2, 0.25) is 0 Å². The van der Waals surface area contributed by atoms with Gasteiger partial charge in [0, 0.05) is 49.0 Å². The van der Waals surface area contributed by atoms with Crippen molar-refractivity contribution in [1.82, 2.24) is 9.97 Å². The van der Waals surface area contributed by atoms with E-state index in [1.165, 1.54) is 48.3 Å². The van der Waals surface area contributed by atoms with Crippen molar-refractivity contribution >= 4 is 76.2 Å². The van der Waals surface area contributed by atoms with E-state index >= 15 is 0 Å². The van der Waals surface area contributed by atoms with Crippen LogP contribution in [-0.4, -0.2) is 9.97 Å². The van der Waals surface area contributed by atoms with E-state index in [0.717, 1.165) is 49.0 Å². The average Bonchev–Trinajstić information content (AvgIpc) is 3.80. The maximum Gasteiger partial charge on any atom is 0.0972 e. The molecule has 3 aromatic heterocycles. The number of thiophene rings is 1. The minimum absolute atomic E-state index is 0.00400. The Bertz CT molecular complexity index is 4310. The summed E-state index contributed by atoms with van der Waals surface area (Å²) in [6, 6.07) is 59.9. The van der Waals surface area contributed by atoms with Crippen molar-refractivity contribution in [3.05, 3.63) is 218 Å². The molecule has 0 unspecified atom stereocenters. The Morgan fingerprint density at radius 3 is 1.73 bits per heavy atom. The van der Waals surface area contributed by atoms with Crippen LogP contribution in [0.2, 0.25) is 0 Å². The highest BCUT2D eigenvalue weighted by atomic mass is 32.1. The Labute approximate surface area is 378 Å². The fourth-order valence-corrected chi connectivity index (χ4v) is 10.9. The van der Waals surface area contributed by atoms with Gasteiger partial charge in [-0.1, -0.05) is 194 Å². The molecular formula is C60H36N2S. The fraction of sp³-hybridized carbons (Fsp3) is 0. The summed E-state index contributed by atoms with van der Waals surface area (Å²) < 4.78 is 61.0. The van der Waals surface area contributed by atoms with Gasteiger partial charge in [0.25, 0.3) is 0 Å². The summed E-state index contributed by atoms with van der Waals surface area (Å²) >= 11 is 1.82. The van der Waals surface area contributed by atoms with Crippen LogP contribution >= 0.6 is 11.3 Å². The normalized spacial score (nSPS) is 13.4. The molecule has 292 valence electrons. The van der Waals surface area contributed by atoms with Gasteiger partial charge in [0.05, 0.1) is 26.3 Å². The average molecular weight is 824 g/mol. The molecule has 63 heavy (non-hydrogen) atoms. The lowest BCUT2D eigenvalue weighted by Crippen LogP contribution is -1.91. The number of rotatable bonds is 6. The molecule has 0 atom stereocenters. The molecule has 0 radical (unpaired) electrons. The van der Waals surface area contributed by atoms with Gasteiger partial charge < -0.3 is 0 Å². The minimum Gasteiger partial charge on any atom is -0.254 e. The highest BCUT2D eigenvalue weighted by molar-refractivity contribution is 7.20. The summed E-state index contributed by atoms with van der Waals surface area (Å²) in [7, 11) is 0. The van der Waals surface area contributed by atoms with Crippen molar-refractivity contribution in [2.24, 2.45) is 0 Å². The Balaban J connectivity index is 1.02. The number of hydrogen-bond donors (Lipinski definition) is 0. The van der Waals surface area contributed by atoms with Crippen LogP contribution in [0.3, 0.4) is 0 Å². The first-order valence-corrected chi connectivity index (χ1v) is 21.7. The van der Waals surface area contributed by atoms with Crippen LogP contribution in [0.5, 0.6) is 0 Å². The largest absolute Gasteiger partial charge is 0.254 e. The van der Waals surface area contributed by atoms with Gasteiger partial charge in [-0.2, -0.15) is 0 Å². The third-order valence-electron chi connectivity index (χ3n) is 12.4. The van der Waals surface area contributed by atoms with Crippen molar-refractivity contribution in [2.75, 3.05) is 0 Å². The quantitative estimate of drug-likeness (QED) is 0.156. The van der Waals surface area contributed by atoms with E-state index in [1.54, 1.807) is 0 Å². The highest BCUT2D eigenvalue weighted by Gasteiger charge is 2.25. The Morgan fingerprint density at radius 2 is 0.952 bits per heavy atom. The molecule has 0 N–H and O–H groups in total. The minimum atomic E-state index is -0.462. The zero-order valence-electron chi connectivity index (χ0n) is 40.5. The van der Waals surface area contributed by atoms with E-state index in [2.05, 4.69) is 145 Å². The molecule has 13 rings (SSSR count). The molecule has 13 aromatic rings. The van der Waals surface area contributed by atoms with Crippen molar-refractivity contribution in [1.29, 1.82) is 0 Å². The molecular weight excluding hydrogens is 781 g/mol. The first-order chi connectivity index (χ1) is 34.2. The highest BCUT2D eigenvalue weighted by Crippen LogP contribution is 2.54. The van der Waals surface area contributed by atoms with E-state index in [1.807, 2.05) is 47.7 Å². The summed E-state index contributed by atoms with van der Waals surface area (Å²) in [4.78, 5) is 11.5. The first-order valence-electron chi connectivity index (χ1n) is 24.4. The van der Waals surface area contributed by atoms with E-state index in [4.69, 9.17) is 13.2 Å². The van der Waals surface area contributed by atoms with E-state index in [-0.39, 0.29) is 51.7 Å². The monoisotopic (exact) mass is 823 g/mol. The Morgan fingerprint density at radius 1 is 0.381 bits per heavy atom.